The monoisotopic (exact) mass is 505 g/mol. The normalized spacial score (nSPS) is 17.5. The average molecular weight is 506 g/mol. The number of pyridine rings is 1. The van der Waals surface area contributed by atoms with Crippen molar-refractivity contribution in [3.8, 4) is 0 Å². The molecule has 1 aliphatic carbocycles. The van der Waals surface area contributed by atoms with Crippen LogP contribution in [0.1, 0.15) is 29.2 Å². The number of aromatic nitrogens is 3. The minimum Gasteiger partial charge on any atom is -0.477 e. The molecule has 2 aromatic heterocycles. The third-order valence-electron chi connectivity index (χ3n) is 7.39. The second-order valence-corrected chi connectivity index (χ2v) is 9.96. The number of aliphatic hydroxyl groups is 1. The molecule has 1 saturated carbocycles. The number of carboxylic acids is 1. The molecule has 6 rings (SSSR count). The number of benzene rings is 2. The Morgan fingerprint density at radius 1 is 1.08 bits per heavy atom. The molecule has 0 radical (unpaired) electrons. The molecule has 0 bridgehead atoms. The first kappa shape index (κ1) is 23.6. The number of fused-ring (bicyclic) bond motifs is 2. The lowest BCUT2D eigenvalue weighted by molar-refractivity contribution is 0.0694. The fourth-order valence-corrected chi connectivity index (χ4v) is 5.32. The summed E-state index contributed by atoms with van der Waals surface area (Å²) in [5, 5.41) is 20.3. The molecule has 192 valence electrons. The van der Waals surface area contributed by atoms with Gasteiger partial charge in [-0.3, -0.25) is 9.69 Å². The number of para-hydroxylation sites is 2. The summed E-state index contributed by atoms with van der Waals surface area (Å²) in [7, 11) is 0. The number of piperazine rings is 1. The van der Waals surface area contributed by atoms with Gasteiger partial charge in [0.05, 0.1) is 41.2 Å². The standard InChI is InChI=1S/C27H28FN5O4/c28-21-11-19-24(33(17-5-6-17)15-20(26(19)35)27(36)37)12-25(21)31-9-7-30(8-10-31)13-18(34)14-32-16-29-22-3-1-2-4-23(22)32/h1-4,11-12,15-18,34H,5-10,13-14H2,(H,36,37). The molecule has 37 heavy (non-hydrogen) atoms. The van der Waals surface area contributed by atoms with Crippen molar-refractivity contribution < 1.29 is 19.4 Å². The highest BCUT2D eigenvalue weighted by Crippen LogP contribution is 2.38. The molecular weight excluding hydrogens is 477 g/mol. The summed E-state index contributed by atoms with van der Waals surface area (Å²) in [6.45, 7) is 3.41. The maximum absolute atomic E-state index is 15.2. The number of β-amino-alcohol motifs (C(OH)–C–C–N with tert-alkyl or cyclic N) is 1. The summed E-state index contributed by atoms with van der Waals surface area (Å²) in [5.41, 5.74) is 1.87. The van der Waals surface area contributed by atoms with Gasteiger partial charge in [-0.15, -0.1) is 0 Å². The van der Waals surface area contributed by atoms with Gasteiger partial charge in [-0.1, -0.05) is 12.1 Å². The molecule has 2 aromatic carbocycles. The van der Waals surface area contributed by atoms with Gasteiger partial charge in [0, 0.05) is 50.3 Å². The van der Waals surface area contributed by atoms with Crippen LogP contribution >= 0.6 is 0 Å². The number of hydrogen-bond donors (Lipinski definition) is 2. The lowest BCUT2D eigenvalue weighted by Gasteiger charge is -2.37. The lowest BCUT2D eigenvalue weighted by Crippen LogP contribution is -2.49. The predicted molar refractivity (Wildman–Crippen MR) is 138 cm³/mol. The van der Waals surface area contributed by atoms with Crippen LogP contribution in [0.2, 0.25) is 0 Å². The van der Waals surface area contributed by atoms with Gasteiger partial charge in [-0.05, 0) is 37.1 Å². The van der Waals surface area contributed by atoms with Crippen LogP contribution in [0.4, 0.5) is 10.1 Å². The Morgan fingerprint density at radius 3 is 2.57 bits per heavy atom. The zero-order valence-electron chi connectivity index (χ0n) is 20.3. The predicted octanol–water partition coefficient (Wildman–Crippen LogP) is 2.71. The number of nitrogens with zero attached hydrogens (tertiary/aromatic N) is 5. The van der Waals surface area contributed by atoms with Crippen LogP contribution in [0.15, 0.2) is 53.7 Å². The largest absolute Gasteiger partial charge is 0.477 e. The van der Waals surface area contributed by atoms with Gasteiger partial charge in [0.2, 0.25) is 5.43 Å². The van der Waals surface area contributed by atoms with Crippen LogP contribution in [0.25, 0.3) is 21.9 Å². The Kier molecular flexibility index (Phi) is 5.92. The van der Waals surface area contributed by atoms with Gasteiger partial charge in [0.15, 0.2) is 0 Å². The summed E-state index contributed by atoms with van der Waals surface area (Å²) in [4.78, 5) is 32.8. The minimum atomic E-state index is -1.30. The van der Waals surface area contributed by atoms with E-state index in [0.29, 0.717) is 50.5 Å². The summed E-state index contributed by atoms with van der Waals surface area (Å²) in [5.74, 6) is -1.83. The van der Waals surface area contributed by atoms with Crippen molar-refractivity contribution in [2.75, 3.05) is 37.6 Å². The summed E-state index contributed by atoms with van der Waals surface area (Å²) in [6.07, 6.45) is 4.38. The SMILES string of the molecule is O=C(O)c1cn(C2CC2)c2cc(N3CCN(CC(O)Cn4cnc5ccccc54)CC3)c(F)cc2c1=O. The number of aliphatic hydroxyl groups excluding tert-OH is 1. The summed E-state index contributed by atoms with van der Waals surface area (Å²) < 4.78 is 19.0. The van der Waals surface area contributed by atoms with E-state index in [1.54, 1.807) is 12.4 Å². The number of halogens is 1. The number of hydrogen-bond acceptors (Lipinski definition) is 6. The first-order valence-electron chi connectivity index (χ1n) is 12.6. The first-order chi connectivity index (χ1) is 17.9. The maximum Gasteiger partial charge on any atom is 0.341 e. The molecule has 1 atom stereocenters. The van der Waals surface area contributed by atoms with E-state index in [0.717, 1.165) is 23.9 Å². The molecule has 2 aliphatic rings. The van der Waals surface area contributed by atoms with Crippen LogP contribution in [0.5, 0.6) is 0 Å². The fraction of sp³-hybridized carbons (Fsp3) is 0.370. The van der Waals surface area contributed by atoms with E-state index < -0.39 is 23.3 Å². The minimum absolute atomic E-state index is 0.0989. The van der Waals surface area contributed by atoms with Crippen molar-refractivity contribution in [3.63, 3.8) is 0 Å². The molecule has 3 heterocycles. The molecule has 4 aromatic rings. The van der Waals surface area contributed by atoms with Crippen molar-refractivity contribution in [1.29, 1.82) is 0 Å². The number of carbonyl (C=O) groups is 1. The van der Waals surface area contributed by atoms with E-state index in [-0.39, 0.29) is 17.0 Å². The molecule has 9 nitrogen and oxygen atoms in total. The molecule has 10 heteroatoms. The van der Waals surface area contributed by atoms with Gasteiger partial charge in [0.1, 0.15) is 11.4 Å². The zero-order chi connectivity index (χ0) is 25.7. The summed E-state index contributed by atoms with van der Waals surface area (Å²) in [6, 6.07) is 10.8. The van der Waals surface area contributed by atoms with Gasteiger partial charge in [-0.2, -0.15) is 0 Å². The zero-order valence-corrected chi connectivity index (χ0v) is 20.3. The van der Waals surface area contributed by atoms with E-state index in [1.165, 1.54) is 12.3 Å². The Morgan fingerprint density at radius 2 is 1.84 bits per heavy atom. The van der Waals surface area contributed by atoms with Crippen LogP contribution in [0, 0.1) is 5.82 Å². The third kappa shape index (κ3) is 4.47. The molecular formula is C27H28FN5O4. The van der Waals surface area contributed by atoms with E-state index in [1.807, 2.05) is 38.3 Å². The number of anilines is 1. The molecule has 1 saturated heterocycles. The van der Waals surface area contributed by atoms with Crippen molar-refractivity contribution in [2.24, 2.45) is 0 Å². The molecule has 0 spiro atoms. The van der Waals surface area contributed by atoms with Crippen molar-refractivity contribution >= 4 is 33.6 Å². The quantitative estimate of drug-likeness (QED) is 0.398. The molecule has 0 amide bonds. The second kappa shape index (κ2) is 9.28. The van der Waals surface area contributed by atoms with E-state index >= 15 is 4.39 Å². The van der Waals surface area contributed by atoms with Crippen LogP contribution in [-0.2, 0) is 6.54 Å². The fourth-order valence-electron chi connectivity index (χ4n) is 5.32. The summed E-state index contributed by atoms with van der Waals surface area (Å²) >= 11 is 0. The van der Waals surface area contributed by atoms with E-state index in [9.17, 15) is 19.8 Å². The Labute approximate surface area is 212 Å². The van der Waals surface area contributed by atoms with E-state index in [2.05, 4.69) is 9.88 Å². The van der Waals surface area contributed by atoms with Gasteiger partial charge < -0.3 is 24.2 Å². The first-order valence-corrected chi connectivity index (χ1v) is 12.6. The number of aromatic carboxylic acids is 1. The van der Waals surface area contributed by atoms with Gasteiger partial charge in [-0.25, -0.2) is 14.2 Å². The van der Waals surface area contributed by atoms with Crippen molar-refractivity contribution in [3.05, 3.63) is 70.5 Å². The molecule has 1 aliphatic heterocycles. The Balaban J connectivity index is 1.17. The third-order valence-corrected chi connectivity index (χ3v) is 7.39. The Bertz CT molecular complexity index is 1550. The highest BCUT2D eigenvalue weighted by atomic mass is 19.1. The van der Waals surface area contributed by atoms with Crippen LogP contribution < -0.4 is 10.3 Å². The topological polar surface area (TPSA) is 104 Å². The number of imidazole rings is 1. The highest BCUT2D eigenvalue weighted by Gasteiger charge is 2.29. The number of carboxylic acid groups (broad SMARTS) is 1. The van der Waals surface area contributed by atoms with Crippen molar-refractivity contribution in [2.45, 2.75) is 31.5 Å². The Hall–Kier alpha value is -3.76. The van der Waals surface area contributed by atoms with Crippen LogP contribution in [0.3, 0.4) is 0 Å². The smallest absolute Gasteiger partial charge is 0.341 e. The highest BCUT2D eigenvalue weighted by molar-refractivity contribution is 5.93. The number of rotatable bonds is 7. The second-order valence-electron chi connectivity index (χ2n) is 9.96. The van der Waals surface area contributed by atoms with E-state index in [4.69, 9.17) is 0 Å². The van der Waals surface area contributed by atoms with Crippen molar-refractivity contribution in [1.82, 2.24) is 19.0 Å². The average Bonchev–Trinajstić information content (AvgIpc) is 3.65. The lowest BCUT2D eigenvalue weighted by atomic mass is 10.1. The molecule has 2 fully saturated rings. The molecule has 1 unspecified atom stereocenters. The maximum atomic E-state index is 15.2. The van der Waals surface area contributed by atoms with Gasteiger partial charge >= 0.3 is 5.97 Å². The molecule has 2 N–H and O–H groups in total. The van der Waals surface area contributed by atoms with Crippen LogP contribution in [-0.4, -0.2) is 74.0 Å². The van der Waals surface area contributed by atoms with Gasteiger partial charge in [0.25, 0.3) is 0 Å².